The van der Waals surface area contributed by atoms with Crippen LogP contribution in [0.1, 0.15) is 6.23 Å². The molecule has 144 valence electrons. The number of aliphatic hydroxyl groups excluding tert-OH is 2. The first-order valence-electron chi connectivity index (χ1n) is 7.47. The molecule has 0 aliphatic carbocycles. The molecule has 0 amide bonds. The van der Waals surface area contributed by atoms with Crippen LogP contribution in [0.5, 0.6) is 0 Å². The Bertz CT molecular complexity index is 922. The summed E-state index contributed by atoms with van der Waals surface area (Å²) < 4.78 is 24.0. The Hall–Kier alpha value is -1.86. The monoisotopic (exact) mass is 391 g/mol. The summed E-state index contributed by atoms with van der Waals surface area (Å²) in [6, 6.07) is 0. The molecule has 3 rings (SSSR count). The zero-order valence-corrected chi connectivity index (χ0v) is 14.6. The van der Waals surface area contributed by atoms with Crippen molar-refractivity contribution in [2.45, 2.75) is 24.5 Å². The summed E-state index contributed by atoms with van der Waals surface area (Å²) in [5, 5.41) is 22.6. The largest absolute Gasteiger partial charge is 0.470 e. The van der Waals surface area contributed by atoms with Crippen LogP contribution in [0.15, 0.2) is 11.1 Å². The van der Waals surface area contributed by atoms with E-state index in [-0.39, 0.29) is 17.1 Å². The standard InChI is InChI=1S/C12H18N5O8P/c1-13-12-15-9(20)6-10(16(12)2)17(4-14-6)11-7(19)8(5(3-18)24-11)25-26(21,22)23/h4-5,7-8,11,18-19H,3H2,1-2H3,(H,13,15,20)(H2,21,22,23)/t5-,7-,8-,11-/m1/s1. The molecule has 0 spiro atoms. The Kier molecular flexibility index (Phi) is 4.88. The Balaban J connectivity index is 2.08. The van der Waals surface area contributed by atoms with Crippen LogP contribution in [0.3, 0.4) is 0 Å². The van der Waals surface area contributed by atoms with Gasteiger partial charge in [0.25, 0.3) is 0 Å². The van der Waals surface area contributed by atoms with Crippen molar-refractivity contribution in [2.75, 3.05) is 19.0 Å². The van der Waals surface area contributed by atoms with Crippen LogP contribution in [0.4, 0.5) is 5.95 Å². The minimum Gasteiger partial charge on any atom is -0.394 e. The van der Waals surface area contributed by atoms with E-state index in [0.29, 0.717) is 0 Å². The summed E-state index contributed by atoms with van der Waals surface area (Å²) in [5.74, 6) is 0.235. The van der Waals surface area contributed by atoms with Crippen molar-refractivity contribution in [3.05, 3.63) is 16.7 Å². The summed E-state index contributed by atoms with van der Waals surface area (Å²) in [6.45, 7) is -0.646. The molecular formula is C12H18N5O8P. The second-order valence-electron chi connectivity index (χ2n) is 5.67. The van der Waals surface area contributed by atoms with Crippen LogP contribution in [-0.4, -0.2) is 71.1 Å². The van der Waals surface area contributed by atoms with Crippen molar-refractivity contribution >= 4 is 24.9 Å². The number of aliphatic hydroxyl groups is 2. The normalized spacial score (nSPS) is 26.5. The van der Waals surface area contributed by atoms with Gasteiger partial charge in [0.2, 0.25) is 5.95 Å². The lowest BCUT2D eigenvalue weighted by atomic mass is 10.1. The number of hydrogen-bond acceptors (Lipinski definition) is 9. The van der Waals surface area contributed by atoms with Gasteiger partial charge in [0.15, 0.2) is 17.4 Å². The highest BCUT2D eigenvalue weighted by Gasteiger charge is 2.48. The second kappa shape index (κ2) is 6.70. The Morgan fingerprint density at radius 2 is 2.15 bits per heavy atom. The molecule has 5 N–H and O–H groups in total. The van der Waals surface area contributed by atoms with Gasteiger partial charge >= 0.3 is 13.4 Å². The molecule has 2 aromatic heterocycles. The molecule has 0 bridgehead atoms. The summed E-state index contributed by atoms with van der Waals surface area (Å²) in [5.41, 5.74) is -0.329. The maximum Gasteiger partial charge on any atom is 0.470 e. The van der Waals surface area contributed by atoms with E-state index in [0.717, 1.165) is 0 Å². The fourth-order valence-corrected chi connectivity index (χ4v) is 3.53. The van der Waals surface area contributed by atoms with E-state index in [1.165, 1.54) is 15.5 Å². The van der Waals surface area contributed by atoms with Crippen LogP contribution in [0.2, 0.25) is 0 Å². The smallest absolute Gasteiger partial charge is 0.394 e. The molecule has 26 heavy (non-hydrogen) atoms. The topological polar surface area (TPSA) is 181 Å². The predicted octanol–water partition coefficient (Wildman–Crippen LogP) is -2.10. The average molecular weight is 391 g/mol. The zero-order chi connectivity index (χ0) is 19.2. The highest BCUT2D eigenvalue weighted by Crippen LogP contribution is 2.44. The van der Waals surface area contributed by atoms with E-state index in [2.05, 4.69) is 19.8 Å². The molecule has 3 heterocycles. The number of anilines is 1. The highest BCUT2D eigenvalue weighted by atomic mass is 31.2. The van der Waals surface area contributed by atoms with E-state index in [1.807, 2.05) is 0 Å². The quantitative estimate of drug-likeness (QED) is 0.352. The lowest BCUT2D eigenvalue weighted by molar-refractivity contribution is -0.0511. The van der Waals surface area contributed by atoms with E-state index < -0.39 is 44.5 Å². The van der Waals surface area contributed by atoms with E-state index in [9.17, 15) is 19.6 Å². The van der Waals surface area contributed by atoms with Crippen molar-refractivity contribution in [1.29, 1.82) is 0 Å². The predicted molar refractivity (Wildman–Crippen MR) is 86.2 cm³/mol. The van der Waals surface area contributed by atoms with Gasteiger partial charge in [-0.15, -0.1) is 0 Å². The van der Waals surface area contributed by atoms with Crippen LogP contribution < -0.4 is 10.9 Å². The molecule has 0 unspecified atom stereocenters. The lowest BCUT2D eigenvalue weighted by Crippen LogP contribution is -2.35. The molecule has 0 saturated carbocycles. The molecule has 1 fully saturated rings. The molecule has 0 aromatic carbocycles. The van der Waals surface area contributed by atoms with Gasteiger partial charge in [-0.25, -0.2) is 9.55 Å². The van der Waals surface area contributed by atoms with Gasteiger partial charge in [-0.1, -0.05) is 0 Å². The molecule has 1 aliphatic heterocycles. The summed E-state index contributed by atoms with van der Waals surface area (Å²) in [4.78, 5) is 37.9. The molecule has 14 heteroatoms. The summed E-state index contributed by atoms with van der Waals surface area (Å²) >= 11 is 0. The van der Waals surface area contributed by atoms with Gasteiger partial charge in [0, 0.05) is 14.1 Å². The van der Waals surface area contributed by atoms with E-state index in [4.69, 9.17) is 14.5 Å². The average Bonchev–Trinajstić information content (AvgIpc) is 3.12. The third-order valence-corrected chi connectivity index (χ3v) is 4.58. The van der Waals surface area contributed by atoms with Crippen molar-refractivity contribution < 1.29 is 33.8 Å². The van der Waals surface area contributed by atoms with Gasteiger partial charge in [-0.3, -0.25) is 18.5 Å². The number of hydrogen-bond donors (Lipinski definition) is 5. The second-order valence-corrected chi connectivity index (χ2v) is 6.86. The van der Waals surface area contributed by atoms with Crippen molar-refractivity contribution in [2.24, 2.45) is 7.05 Å². The highest BCUT2D eigenvalue weighted by molar-refractivity contribution is 7.46. The Morgan fingerprint density at radius 1 is 1.46 bits per heavy atom. The molecule has 1 saturated heterocycles. The number of phosphoric ester groups is 1. The maximum absolute atomic E-state index is 12.1. The number of imidazole rings is 1. The number of nitrogens with zero attached hydrogens (tertiary/aromatic N) is 4. The number of fused-ring (bicyclic) bond motifs is 1. The van der Waals surface area contributed by atoms with Crippen LogP contribution >= 0.6 is 7.82 Å². The van der Waals surface area contributed by atoms with E-state index in [1.54, 1.807) is 14.1 Å². The van der Waals surface area contributed by atoms with Crippen LogP contribution in [0.25, 0.3) is 11.2 Å². The number of aromatic nitrogens is 4. The number of nitrogens with one attached hydrogen (secondary N) is 1. The summed E-state index contributed by atoms with van der Waals surface area (Å²) in [6.07, 6.45) is -4.19. The first kappa shape index (κ1) is 18.9. The molecule has 0 radical (unpaired) electrons. The van der Waals surface area contributed by atoms with Gasteiger partial charge in [0.1, 0.15) is 18.3 Å². The number of aryl methyl sites for hydroxylation is 1. The molecular weight excluding hydrogens is 373 g/mol. The van der Waals surface area contributed by atoms with E-state index >= 15 is 0 Å². The third kappa shape index (κ3) is 3.14. The first-order valence-corrected chi connectivity index (χ1v) is 9.00. The maximum atomic E-state index is 12.1. The molecule has 2 aromatic rings. The zero-order valence-electron chi connectivity index (χ0n) is 13.8. The van der Waals surface area contributed by atoms with Gasteiger partial charge in [-0.05, 0) is 0 Å². The van der Waals surface area contributed by atoms with Crippen molar-refractivity contribution in [3.63, 3.8) is 0 Å². The number of phosphoric acid groups is 1. The third-order valence-electron chi connectivity index (χ3n) is 4.06. The first-order chi connectivity index (χ1) is 12.2. The van der Waals surface area contributed by atoms with Crippen molar-refractivity contribution in [1.82, 2.24) is 19.1 Å². The number of rotatable bonds is 5. The molecule has 13 nitrogen and oxygen atoms in total. The summed E-state index contributed by atoms with van der Waals surface area (Å²) in [7, 11) is -1.76. The van der Waals surface area contributed by atoms with Gasteiger partial charge in [-0.2, -0.15) is 4.98 Å². The fraction of sp³-hybridized carbons (Fsp3) is 0.583. The molecule has 4 atom stereocenters. The minimum absolute atomic E-state index is 0.0159. The van der Waals surface area contributed by atoms with Gasteiger partial charge < -0.3 is 30.1 Å². The SMILES string of the molecule is CNc1nc(=O)c2ncn([C@@H]3O[C@H](CO)[C@@H](OP(=O)(O)O)[C@H]3O)c2n1C. The Morgan fingerprint density at radius 3 is 2.73 bits per heavy atom. The van der Waals surface area contributed by atoms with Crippen molar-refractivity contribution in [3.8, 4) is 0 Å². The minimum atomic E-state index is -4.94. The lowest BCUT2D eigenvalue weighted by Gasteiger charge is -2.20. The fourth-order valence-electron chi connectivity index (χ4n) is 2.96. The van der Waals surface area contributed by atoms with Crippen LogP contribution in [-0.2, 0) is 20.9 Å². The Labute approximate surface area is 146 Å². The van der Waals surface area contributed by atoms with Gasteiger partial charge in [0.05, 0.1) is 12.9 Å². The van der Waals surface area contributed by atoms with Crippen LogP contribution in [0, 0.1) is 0 Å². The molecule has 1 aliphatic rings. The number of ether oxygens (including phenoxy) is 1.